The summed E-state index contributed by atoms with van der Waals surface area (Å²) in [4.78, 5) is 2.24. The van der Waals surface area contributed by atoms with Crippen LogP contribution in [0.5, 0.6) is 0 Å². The van der Waals surface area contributed by atoms with Gasteiger partial charge in [-0.2, -0.15) is 0 Å². The van der Waals surface area contributed by atoms with E-state index in [4.69, 9.17) is 4.43 Å². The first-order valence-electron chi connectivity index (χ1n) is 10.6. The van der Waals surface area contributed by atoms with E-state index < -0.39 is 8.32 Å². The van der Waals surface area contributed by atoms with Crippen molar-refractivity contribution >= 4 is 19.9 Å². The van der Waals surface area contributed by atoms with Gasteiger partial charge >= 0.3 is 0 Å². The van der Waals surface area contributed by atoms with Crippen LogP contribution in [-0.4, -0.2) is 42.6 Å². The van der Waals surface area contributed by atoms with Crippen LogP contribution in [0.4, 0.5) is 10.3 Å². The van der Waals surface area contributed by atoms with Crippen molar-refractivity contribution in [3.05, 3.63) is 24.1 Å². The van der Waals surface area contributed by atoms with E-state index in [9.17, 15) is 4.39 Å². The lowest BCUT2D eigenvalue weighted by molar-refractivity contribution is 0.204. The summed E-state index contributed by atoms with van der Waals surface area (Å²) in [7, 11) is -1.85. The number of hydrogen-bond acceptors (Lipinski definition) is 4. The zero-order valence-electron chi connectivity index (χ0n) is 18.2. The fourth-order valence-corrected chi connectivity index (χ4v) is 10.7. The molecule has 3 rings (SSSR count). The quantitative estimate of drug-likeness (QED) is 0.587. The summed E-state index contributed by atoms with van der Waals surface area (Å²) in [5.74, 6) is 0.934. The summed E-state index contributed by atoms with van der Waals surface area (Å²) < 4.78 is 22.3. The number of aromatic nitrogens is 3. The van der Waals surface area contributed by atoms with Gasteiger partial charge in [-0.05, 0) is 47.5 Å². The molecular formula is C21H35FN4OSi. The SMILES string of the molecule is CC(C)[Si](OC[C@@H]1CCCN(c2nnc3ccc(F)cn23)C1)(C(C)C)C(C)C. The molecule has 1 aliphatic rings. The molecule has 7 heteroatoms. The normalized spacial score (nSPS) is 18.8. The van der Waals surface area contributed by atoms with Gasteiger partial charge in [0.2, 0.25) is 5.95 Å². The molecule has 28 heavy (non-hydrogen) atoms. The topological polar surface area (TPSA) is 42.7 Å². The van der Waals surface area contributed by atoms with E-state index >= 15 is 0 Å². The molecule has 0 amide bonds. The monoisotopic (exact) mass is 406 g/mol. The van der Waals surface area contributed by atoms with Gasteiger partial charge in [0, 0.05) is 25.9 Å². The standard InChI is InChI=1S/C21H35FN4OSi/c1-15(2)28(16(3)4,17(5)6)27-14-18-8-7-11-25(12-18)21-24-23-20-10-9-19(22)13-26(20)21/h9-10,13,15-18H,7-8,11-12,14H2,1-6H3/t18-/m1/s1. The van der Waals surface area contributed by atoms with Crippen LogP contribution in [0, 0.1) is 11.7 Å². The van der Waals surface area contributed by atoms with Crippen molar-refractivity contribution in [1.82, 2.24) is 14.6 Å². The molecule has 0 spiro atoms. The number of anilines is 1. The molecule has 1 saturated heterocycles. The summed E-state index contributed by atoms with van der Waals surface area (Å²) in [6, 6.07) is 3.10. The zero-order valence-corrected chi connectivity index (χ0v) is 19.2. The van der Waals surface area contributed by atoms with Gasteiger partial charge in [-0.25, -0.2) is 4.39 Å². The molecule has 0 bridgehead atoms. The largest absolute Gasteiger partial charge is 0.416 e. The molecule has 1 fully saturated rings. The first-order valence-corrected chi connectivity index (χ1v) is 12.8. The number of nitrogens with zero attached hydrogens (tertiary/aromatic N) is 4. The highest BCUT2D eigenvalue weighted by molar-refractivity contribution is 6.77. The predicted octanol–water partition coefficient (Wildman–Crippen LogP) is 5.28. The molecule has 2 aromatic heterocycles. The van der Waals surface area contributed by atoms with Crippen LogP contribution in [-0.2, 0) is 4.43 Å². The number of halogens is 1. The van der Waals surface area contributed by atoms with Crippen LogP contribution < -0.4 is 4.90 Å². The minimum Gasteiger partial charge on any atom is -0.416 e. The van der Waals surface area contributed by atoms with E-state index in [-0.39, 0.29) is 5.82 Å². The molecule has 0 N–H and O–H groups in total. The highest BCUT2D eigenvalue weighted by Crippen LogP contribution is 2.42. The Balaban J connectivity index is 1.73. The van der Waals surface area contributed by atoms with Gasteiger partial charge in [-0.15, -0.1) is 10.2 Å². The maximum Gasteiger partial charge on any atom is 0.231 e. The number of hydrogen-bond donors (Lipinski definition) is 0. The fourth-order valence-electron chi connectivity index (χ4n) is 5.21. The molecule has 0 radical (unpaired) electrons. The van der Waals surface area contributed by atoms with Crippen molar-refractivity contribution in [2.75, 3.05) is 24.6 Å². The van der Waals surface area contributed by atoms with Crippen LogP contribution in [0.2, 0.25) is 16.6 Å². The molecule has 0 unspecified atom stereocenters. The average Bonchev–Trinajstić information content (AvgIpc) is 3.04. The zero-order chi connectivity index (χ0) is 20.5. The molecule has 0 saturated carbocycles. The maximum absolute atomic E-state index is 13.7. The number of piperidine rings is 1. The third kappa shape index (κ3) is 3.96. The summed E-state index contributed by atoms with van der Waals surface area (Å²) >= 11 is 0. The van der Waals surface area contributed by atoms with Gasteiger partial charge < -0.3 is 9.33 Å². The van der Waals surface area contributed by atoms with E-state index in [1.54, 1.807) is 10.5 Å². The first-order chi connectivity index (χ1) is 13.3. The van der Waals surface area contributed by atoms with Gasteiger partial charge in [-0.3, -0.25) is 4.40 Å². The molecule has 1 aliphatic heterocycles. The van der Waals surface area contributed by atoms with Crippen molar-refractivity contribution in [2.24, 2.45) is 5.92 Å². The van der Waals surface area contributed by atoms with E-state index in [1.807, 2.05) is 0 Å². The van der Waals surface area contributed by atoms with Gasteiger partial charge in [-0.1, -0.05) is 41.5 Å². The van der Waals surface area contributed by atoms with Gasteiger partial charge in [0.25, 0.3) is 0 Å². The lowest BCUT2D eigenvalue weighted by Crippen LogP contribution is -2.49. The van der Waals surface area contributed by atoms with E-state index in [0.29, 0.717) is 28.2 Å². The van der Waals surface area contributed by atoms with Crippen LogP contribution >= 0.6 is 0 Å². The lowest BCUT2D eigenvalue weighted by Gasteiger charge is -2.44. The van der Waals surface area contributed by atoms with Gasteiger partial charge in [0.1, 0.15) is 5.82 Å². The molecule has 2 aromatic rings. The summed E-state index contributed by atoms with van der Waals surface area (Å²) in [5, 5.41) is 8.52. The van der Waals surface area contributed by atoms with E-state index in [2.05, 4.69) is 56.6 Å². The third-order valence-electron chi connectivity index (χ3n) is 6.43. The summed E-state index contributed by atoms with van der Waals surface area (Å²) in [6.45, 7) is 16.6. The second-order valence-electron chi connectivity index (χ2n) is 9.16. The van der Waals surface area contributed by atoms with Crippen LogP contribution in [0.25, 0.3) is 5.65 Å². The Kier molecular flexibility index (Phi) is 6.44. The van der Waals surface area contributed by atoms with Crippen molar-refractivity contribution in [3.63, 3.8) is 0 Å². The second kappa shape index (κ2) is 8.49. The minimum absolute atomic E-state index is 0.271. The van der Waals surface area contributed by atoms with Crippen LogP contribution in [0.3, 0.4) is 0 Å². The number of rotatable bonds is 7. The van der Waals surface area contributed by atoms with Gasteiger partial charge in [0.05, 0.1) is 0 Å². The Morgan fingerprint density at radius 2 is 1.79 bits per heavy atom. The van der Waals surface area contributed by atoms with E-state index in [0.717, 1.165) is 32.1 Å². The predicted molar refractivity (Wildman–Crippen MR) is 115 cm³/mol. The molecular weight excluding hydrogens is 371 g/mol. The lowest BCUT2D eigenvalue weighted by atomic mass is 9.99. The summed E-state index contributed by atoms with van der Waals surface area (Å²) in [5.41, 5.74) is 2.46. The Labute approximate surface area is 169 Å². The van der Waals surface area contributed by atoms with Gasteiger partial charge in [0.15, 0.2) is 14.0 Å². The number of fused-ring (bicyclic) bond motifs is 1. The molecule has 3 heterocycles. The molecule has 0 aliphatic carbocycles. The highest BCUT2D eigenvalue weighted by Gasteiger charge is 2.45. The average molecular weight is 407 g/mol. The molecule has 0 aromatic carbocycles. The first kappa shape index (κ1) is 21.2. The van der Waals surface area contributed by atoms with Crippen molar-refractivity contribution in [1.29, 1.82) is 0 Å². The Hall–Kier alpha value is -1.47. The highest BCUT2D eigenvalue weighted by atomic mass is 28.4. The fraction of sp³-hybridized carbons (Fsp3) is 0.714. The van der Waals surface area contributed by atoms with Crippen molar-refractivity contribution < 1.29 is 8.82 Å². The maximum atomic E-state index is 13.7. The van der Waals surface area contributed by atoms with E-state index in [1.165, 1.54) is 18.7 Å². The molecule has 1 atom stereocenters. The smallest absolute Gasteiger partial charge is 0.231 e. The number of pyridine rings is 1. The third-order valence-corrected chi connectivity index (χ3v) is 12.5. The minimum atomic E-state index is -1.85. The second-order valence-corrected chi connectivity index (χ2v) is 14.6. The Morgan fingerprint density at radius 1 is 1.11 bits per heavy atom. The van der Waals surface area contributed by atoms with Crippen LogP contribution in [0.15, 0.2) is 18.3 Å². The summed E-state index contributed by atoms with van der Waals surface area (Å²) in [6.07, 6.45) is 3.73. The molecule has 156 valence electrons. The van der Waals surface area contributed by atoms with Crippen molar-refractivity contribution in [3.8, 4) is 0 Å². The Bertz CT molecular complexity index is 770. The Morgan fingerprint density at radius 3 is 2.43 bits per heavy atom. The van der Waals surface area contributed by atoms with Crippen molar-refractivity contribution in [2.45, 2.75) is 71.0 Å². The van der Waals surface area contributed by atoms with Crippen LogP contribution in [0.1, 0.15) is 54.4 Å². The molecule has 5 nitrogen and oxygen atoms in total.